The summed E-state index contributed by atoms with van der Waals surface area (Å²) in [5.74, 6) is 0.439. The number of halogens is 2. The van der Waals surface area contributed by atoms with E-state index < -0.39 is 0 Å². The minimum absolute atomic E-state index is 0. The second-order valence-electron chi connectivity index (χ2n) is 4.55. The molecule has 19 heavy (non-hydrogen) atoms. The smallest absolute Gasteiger partial charge is 0.223 e. The van der Waals surface area contributed by atoms with Gasteiger partial charge in [-0.3, -0.25) is 4.79 Å². The first kappa shape index (κ1) is 18.2. The molecule has 1 saturated heterocycles. The highest BCUT2D eigenvalue weighted by molar-refractivity contribution is 5.85. The van der Waals surface area contributed by atoms with Crippen LogP contribution in [0.15, 0.2) is 30.3 Å². The number of carbonyl (C=O) groups is 1. The zero-order valence-corrected chi connectivity index (χ0v) is 12.6. The molecule has 0 aliphatic carbocycles. The molecule has 108 valence electrons. The van der Waals surface area contributed by atoms with E-state index in [1.165, 1.54) is 5.56 Å². The van der Waals surface area contributed by atoms with Crippen molar-refractivity contribution in [1.29, 1.82) is 0 Å². The largest absolute Gasteiger partial charge is 0.356 e. The van der Waals surface area contributed by atoms with Crippen molar-refractivity contribution in [3.63, 3.8) is 0 Å². The minimum Gasteiger partial charge on any atom is -0.356 e. The molecule has 0 saturated carbocycles. The molecule has 5 heteroatoms. The topological polar surface area (TPSA) is 41.1 Å². The van der Waals surface area contributed by atoms with Crippen LogP contribution in [0.5, 0.6) is 0 Å². The van der Waals surface area contributed by atoms with Crippen molar-refractivity contribution in [3.05, 3.63) is 35.9 Å². The lowest BCUT2D eigenvalue weighted by molar-refractivity contribution is -0.125. The van der Waals surface area contributed by atoms with Crippen LogP contribution in [-0.2, 0) is 11.2 Å². The minimum atomic E-state index is 0. The first-order valence-corrected chi connectivity index (χ1v) is 6.38. The third-order valence-electron chi connectivity index (χ3n) is 3.27. The summed E-state index contributed by atoms with van der Waals surface area (Å²) >= 11 is 0. The van der Waals surface area contributed by atoms with Gasteiger partial charge in [-0.25, -0.2) is 0 Å². The number of nitrogens with one attached hydrogen (secondary N) is 2. The lowest BCUT2D eigenvalue weighted by Crippen LogP contribution is -2.38. The van der Waals surface area contributed by atoms with Crippen LogP contribution in [0.3, 0.4) is 0 Å². The van der Waals surface area contributed by atoms with Gasteiger partial charge in [0.2, 0.25) is 5.91 Å². The molecule has 0 aromatic heterocycles. The Balaban J connectivity index is 0.00000162. The monoisotopic (exact) mass is 304 g/mol. The molecule has 2 N–H and O–H groups in total. The Morgan fingerprint density at radius 3 is 2.42 bits per heavy atom. The molecule has 0 atom stereocenters. The van der Waals surface area contributed by atoms with E-state index in [1.54, 1.807) is 0 Å². The van der Waals surface area contributed by atoms with E-state index in [-0.39, 0.29) is 36.6 Å². The Morgan fingerprint density at radius 1 is 1.16 bits per heavy atom. The third kappa shape index (κ3) is 6.28. The van der Waals surface area contributed by atoms with Crippen molar-refractivity contribution >= 4 is 30.7 Å². The van der Waals surface area contributed by atoms with Gasteiger partial charge in [-0.15, -0.1) is 24.8 Å². The fourth-order valence-electron chi connectivity index (χ4n) is 2.20. The van der Waals surface area contributed by atoms with Crippen molar-refractivity contribution in [2.75, 3.05) is 19.6 Å². The molecular formula is C14H22Cl2N2O. The maximum atomic E-state index is 11.8. The van der Waals surface area contributed by atoms with Crippen LogP contribution in [0.1, 0.15) is 18.4 Å². The first-order chi connectivity index (χ1) is 8.36. The summed E-state index contributed by atoms with van der Waals surface area (Å²) in [6.45, 7) is 2.68. The van der Waals surface area contributed by atoms with Gasteiger partial charge in [0.1, 0.15) is 0 Å². The van der Waals surface area contributed by atoms with Crippen molar-refractivity contribution in [2.45, 2.75) is 19.3 Å². The number of hydrogen-bond acceptors (Lipinski definition) is 2. The third-order valence-corrected chi connectivity index (χ3v) is 3.27. The molecule has 0 unspecified atom stereocenters. The van der Waals surface area contributed by atoms with Gasteiger partial charge in [0, 0.05) is 12.5 Å². The highest BCUT2D eigenvalue weighted by atomic mass is 35.5. The Bertz CT molecular complexity index is 354. The number of benzene rings is 1. The van der Waals surface area contributed by atoms with Gasteiger partial charge in [0.25, 0.3) is 0 Å². The van der Waals surface area contributed by atoms with E-state index in [2.05, 4.69) is 22.8 Å². The zero-order chi connectivity index (χ0) is 11.9. The number of hydrogen-bond donors (Lipinski definition) is 2. The number of amides is 1. The summed E-state index contributed by atoms with van der Waals surface area (Å²) in [4.78, 5) is 11.8. The maximum absolute atomic E-state index is 11.8. The van der Waals surface area contributed by atoms with Crippen molar-refractivity contribution < 1.29 is 4.79 Å². The highest BCUT2D eigenvalue weighted by Crippen LogP contribution is 2.11. The predicted octanol–water partition coefficient (Wildman–Crippen LogP) is 2.19. The molecule has 0 radical (unpaired) electrons. The van der Waals surface area contributed by atoms with Gasteiger partial charge < -0.3 is 10.6 Å². The van der Waals surface area contributed by atoms with E-state index in [0.29, 0.717) is 0 Å². The van der Waals surface area contributed by atoms with Gasteiger partial charge in [-0.1, -0.05) is 30.3 Å². The SMILES string of the molecule is Cl.Cl.O=C(NCCc1ccccc1)C1CCNCC1. The summed E-state index contributed by atoms with van der Waals surface area (Å²) in [5, 5.41) is 6.31. The van der Waals surface area contributed by atoms with Crippen molar-refractivity contribution in [3.8, 4) is 0 Å². The van der Waals surface area contributed by atoms with E-state index in [4.69, 9.17) is 0 Å². The summed E-state index contributed by atoms with van der Waals surface area (Å²) in [5.41, 5.74) is 1.28. The molecule has 2 rings (SSSR count). The molecule has 1 aliphatic heterocycles. The number of rotatable bonds is 4. The summed E-state index contributed by atoms with van der Waals surface area (Å²) in [6, 6.07) is 10.3. The number of piperidine rings is 1. The lowest BCUT2D eigenvalue weighted by Gasteiger charge is -2.21. The van der Waals surface area contributed by atoms with Gasteiger partial charge in [0.05, 0.1) is 0 Å². The van der Waals surface area contributed by atoms with Crippen molar-refractivity contribution in [2.24, 2.45) is 5.92 Å². The molecule has 1 fully saturated rings. The van der Waals surface area contributed by atoms with Crippen LogP contribution in [0, 0.1) is 5.92 Å². The second kappa shape index (κ2) is 10.1. The van der Waals surface area contributed by atoms with Crippen LogP contribution in [0.2, 0.25) is 0 Å². The highest BCUT2D eigenvalue weighted by Gasteiger charge is 2.19. The van der Waals surface area contributed by atoms with E-state index in [0.717, 1.165) is 38.9 Å². The molecular weight excluding hydrogens is 283 g/mol. The van der Waals surface area contributed by atoms with Gasteiger partial charge in [-0.2, -0.15) is 0 Å². The van der Waals surface area contributed by atoms with Gasteiger partial charge >= 0.3 is 0 Å². The zero-order valence-electron chi connectivity index (χ0n) is 10.9. The summed E-state index contributed by atoms with van der Waals surface area (Å²) in [7, 11) is 0. The standard InChI is InChI=1S/C14H20N2O.2ClH/c17-14(13-7-9-15-10-8-13)16-11-6-12-4-2-1-3-5-12;;/h1-5,13,15H,6-11H2,(H,16,17);2*1H. The maximum Gasteiger partial charge on any atom is 0.223 e. The Kier molecular flexibility index (Phi) is 9.66. The lowest BCUT2D eigenvalue weighted by atomic mass is 9.97. The first-order valence-electron chi connectivity index (χ1n) is 6.38. The molecule has 1 amide bonds. The van der Waals surface area contributed by atoms with Crippen LogP contribution in [-0.4, -0.2) is 25.5 Å². The Labute approximate surface area is 127 Å². The quantitative estimate of drug-likeness (QED) is 0.895. The van der Waals surface area contributed by atoms with E-state index >= 15 is 0 Å². The molecule has 1 aromatic carbocycles. The van der Waals surface area contributed by atoms with Crippen molar-refractivity contribution in [1.82, 2.24) is 10.6 Å². The van der Waals surface area contributed by atoms with Crippen LogP contribution >= 0.6 is 24.8 Å². The molecule has 0 spiro atoms. The molecule has 1 heterocycles. The normalized spacial score (nSPS) is 14.9. The van der Waals surface area contributed by atoms with Gasteiger partial charge in [0.15, 0.2) is 0 Å². The van der Waals surface area contributed by atoms with E-state index in [9.17, 15) is 4.79 Å². The van der Waals surface area contributed by atoms with Crippen LogP contribution in [0.4, 0.5) is 0 Å². The summed E-state index contributed by atoms with van der Waals surface area (Å²) < 4.78 is 0. The van der Waals surface area contributed by atoms with E-state index in [1.807, 2.05) is 18.2 Å². The second-order valence-corrected chi connectivity index (χ2v) is 4.55. The average Bonchev–Trinajstić information content (AvgIpc) is 2.41. The average molecular weight is 305 g/mol. The fraction of sp³-hybridized carbons (Fsp3) is 0.500. The fourth-order valence-corrected chi connectivity index (χ4v) is 2.20. The Morgan fingerprint density at radius 2 is 1.79 bits per heavy atom. The molecule has 3 nitrogen and oxygen atoms in total. The Hall–Kier alpha value is -0.770. The number of carbonyl (C=O) groups excluding carboxylic acids is 1. The van der Waals surface area contributed by atoms with Crippen LogP contribution in [0.25, 0.3) is 0 Å². The predicted molar refractivity (Wildman–Crippen MR) is 83.2 cm³/mol. The molecule has 1 aromatic rings. The molecule has 1 aliphatic rings. The summed E-state index contributed by atoms with van der Waals surface area (Å²) in [6.07, 6.45) is 2.85. The van der Waals surface area contributed by atoms with Crippen LogP contribution < -0.4 is 10.6 Å². The van der Waals surface area contributed by atoms with Gasteiger partial charge in [-0.05, 0) is 37.9 Å². The molecule has 0 bridgehead atoms.